The van der Waals surface area contributed by atoms with Crippen LogP contribution in [0.15, 0.2) is 47.5 Å². The summed E-state index contributed by atoms with van der Waals surface area (Å²) in [5.74, 6) is -0.248. The lowest BCUT2D eigenvalue weighted by Crippen LogP contribution is -2.19. The third-order valence-electron chi connectivity index (χ3n) is 3.74. The summed E-state index contributed by atoms with van der Waals surface area (Å²) in [5, 5.41) is 0.643. The van der Waals surface area contributed by atoms with Gasteiger partial charge < -0.3 is 9.30 Å². The fraction of sp³-hybridized carbons (Fsp3) is 0.222. The minimum absolute atomic E-state index is 0.248. The number of hydrogen-bond acceptors (Lipinski definition) is 3. The van der Waals surface area contributed by atoms with Crippen molar-refractivity contribution in [1.29, 1.82) is 0 Å². The number of nitrogens with zero attached hydrogens (tertiary/aromatic N) is 2. The smallest absolute Gasteiger partial charge is 0.279 e. The lowest BCUT2D eigenvalue weighted by atomic mass is 10.1. The summed E-state index contributed by atoms with van der Waals surface area (Å²) in [6.07, 6.45) is 0. The average molecular weight is 361 g/mol. The van der Waals surface area contributed by atoms with E-state index < -0.39 is 0 Å². The van der Waals surface area contributed by atoms with Gasteiger partial charge in [0.2, 0.25) is 0 Å². The third kappa shape index (κ3) is 3.29. The second kappa shape index (κ2) is 7.30. The Balaban J connectivity index is 2.16. The highest BCUT2D eigenvalue weighted by molar-refractivity contribution is 7.16. The van der Waals surface area contributed by atoms with Crippen molar-refractivity contribution in [3.8, 4) is 0 Å². The highest BCUT2D eigenvalue weighted by Gasteiger charge is 2.12. The highest BCUT2D eigenvalue weighted by atomic mass is 35.5. The number of carbonyl (C=O) groups excluding carboxylic acids is 1. The van der Waals surface area contributed by atoms with Gasteiger partial charge >= 0.3 is 0 Å². The molecule has 1 aromatic heterocycles. The lowest BCUT2D eigenvalue weighted by Gasteiger charge is -2.05. The number of ether oxygens (including phenoxy) is 1. The van der Waals surface area contributed by atoms with Crippen LogP contribution in [0.5, 0.6) is 0 Å². The fourth-order valence-corrected chi connectivity index (χ4v) is 3.94. The molecule has 0 saturated carbocycles. The van der Waals surface area contributed by atoms with Crippen LogP contribution < -0.4 is 4.80 Å². The van der Waals surface area contributed by atoms with Gasteiger partial charge in [0, 0.05) is 19.2 Å². The number of aromatic nitrogens is 1. The predicted octanol–water partition coefficient (Wildman–Crippen LogP) is 4.05. The summed E-state index contributed by atoms with van der Waals surface area (Å²) in [4.78, 5) is 17.6. The molecule has 0 bridgehead atoms. The number of methoxy groups -OCH3 is 1. The zero-order chi connectivity index (χ0) is 17.1. The molecule has 0 aliphatic rings. The normalized spacial score (nSPS) is 12.0. The molecule has 4 nitrogen and oxygen atoms in total. The first-order valence-electron chi connectivity index (χ1n) is 7.53. The number of fused-ring (bicyclic) bond motifs is 1. The van der Waals surface area contributed by atoms with Crippen molar-refractivity contribution in [3.05, 3.63) is 63.4 Å². The minimum atomic E-state index is -0.248. The minimum Gasteiger partial charge on any atom is -0.383 e. The van der Waals surface area contributed by atoms with Gasteiger partial charge in [-0.25, -0.2) is 0 Å². The first-order chi connectivity index (χ1) is 11.6. The summed E-state index contributed by atoms with van der Waals surface area (Å²) in [5.41, 5.74) is 2.41. The van der Waals surface area contributed by atoms with E-state index in [-0.39, 0.29) is 5.91 Å². The Labute approximate surface area is 149 Å². The van der Waals surface area contributed by atoms with Crippen molar-refractivity contribution in [3.63, 3.8) is 0 Å². The molecule has 0 saturated heterocycles. The Kier molecular flexibility index (Phi) is 5.14. The van der Waals surface area contributed by atoms with Crippen LogP contribution in [0.1, 0.15) is 15.9 Å². The number of amides is 1. The zero-order valence-corrected chi connectivity index (χ0v) is 15.0. The highest BCUT2D eigenvalue weighted by Crippen LogP contribution is 2.25. The van der Waals surface area contributed by atoms with E-state index in [0.29, 0.717) is 28.5 Å². The van der Waals surface area contributed by atoms with Crippen LogP contribution in [-0.2, 0) is 11.3 Å². The summed E-state index contributed by atoms with van der Waals surface area (Å²) >= 11 is 7.80. The molecule has 2 aromatic carbocycles. The first kappa shape index (κ1) is 16.9. The second-order valence-electron chi connectivity index (χ2n) is 5.35. The van der Waals surface area contributed by atoms with Crippen LogP contribution in [0.2, 0.25) is 5.02 Å². The number of halogens is 1. The van der Waals surface area contributed by atoms with Gasteiger partial charge in [0.1, 0.15) is 0 Å². The van der Waals surface area contributed by atoms with E-state index in [1.54, 1.807) is 13.2 Å². The van der Waals surface area contributed by atoms with Crippen LogP contribution >= 0.6 is 22.9 Å². The Morgan fingerprint density at radius 2 is 2.04 bits per heavy atom. The van der Waals surface area contributed by atoms with Gasteiger partial charge in [0.25, 0.3) is 5.91 Å². The van der Waals surface area contributed by atoms with Crippen LogP contribution in [0, 0.1) is 6.92 Å². The van der Waals surface area contributed by atoms with Crippen molar-refractivity contribution in [1.82, 2.24) is 4.57 Å². The quantitative estimate of drug-likeness (QED) is 0.704. The molecule has 0 spiro atoms. The molecular weight excluding hydrogens is 344 g/mol. The van der Waals surface area contributed by atoms with Gasteiger partial charge in [-0.1, -0.05) is 47.2 Å². The first-order valence-corrected chi connectivity index (χ1v) is 8.72. The van der Waals surface area contributed by atoms with Crippen LogP contribution in [0.25, 0.3) is 10.2 Å². The van der Waals surface area contributed by atoms with Gasteiger partial charge in [0.15, 0.2) is 4.80 Å². The SMILES string of the molecule is COCCn1c(=NC(=O)c2ccccc2C)sc2cccc(Cl)c21. The average Bonchev–Trinajstić information content (AvgIpc) is 2.91. The molecule has 0 aliphatic heterocycles. The lowest BCUT2D eigenvalue weighted by molar-refractivity contribution is 0.0997. The Bertz CT molecular complexity index is 959. The van der Waals surface area contributed by atoms with Crippen molar-refractivity contribution in [2.24, 2.45) is 4.99 Å². The summed E-state index contributed by atoms with van der Waals surface area (Å²) in [6.45, 7) is 3.01. The molecular formula is C18H17ClN2O2S. The standard InChI is InChI=1S/C18H17ClN2O2S/c1-12-6-3-4-7-13(12)17(22)20-18-21(10-11-23-2)16-14(19)8-5-9-15(16)24-18/h3-9H,10-11H2,1-2H3. The predicted molar refractivity (Wildman–Crippen MR) is 97.8 cm³/mol. The maximum Gasteiger partial charge on any atom is 0.279 e. The Morgan fingerprint density at radius 3 is 2.79 bits per heavy atom. The van der Waals surface area contributed by atoms with E-state index in [0.717, 1.165) is 15.8 Å². The number of para-hydroxylation sites is 1. The van der Waals surface area contributed by atoms with Gasteiger partial charge in [-0.15, -0.1) is 0 Å². The molecule has 0 fully saturated rings. The molecule has 124 valence electrons. The van der Waals surface area contributed by atoms with Gasteiger partial charge in [0.05, 0.1) is 21.8 Å². The van der Waals surface area contributed by atoms with Gasteiger partial charge in [-0.3, -0.25) is 4.79 Å². The molecule has 0 N–H and O–H groups in total. The van der Waals surface area contributed by atoms with E-state index in [1.807, 2.05) is 47.9 Å². The third-order valence-corrected chi connectivity index (χ3v) is 5.09. The molecule has 24 heavy (non-hydrogen) atoms. The molecule has 1 heterocycles. The number of aryl methyl sites for hydroxylation is 1. The zero-order valence-electron chi connectivity index (χ0n) is 13.5. The number of benzene rings is 2. The van der Waals surface area contributed by atoms with Crippen molar-refractivity contribution in [2.45, 2.75) is 13.5 Å². The maximum absolute atomic E-state index is 12.6. The molecule has 3 aromatic rings. The Hall–Kier alpha value is -1.95. The van der Waals surface area contributed by atoms with Crippen molar-refractivity contribution in [2.75, 3.05) is 13.7 Å². The van der Waals surface area contributed by atoms with Crippen LogP contribution in [0.3, 0.4) is 0 Å². The largest absolute Gasteiger partial charge is 0.383 e. The summed E-state index contributed by atoms with van der Waals surface area (Å²) < 4.78 is 8.12. The van der Waals surface area contributed by atoms with Crippen LogP contribution in [-0.4, -0.2) is 24.2 Å². The molecule has 1 amide bonds. The molecule has 0 atom stereocenters. The topological polar surface area (TPSA) is 43.6 Å². The number of carbonyl (C=O) groups is 1. The Morgan fingerprint density at radius 1 is 1.25 bits per heavy atom. The molecule has 0 radical (unpaired) electrons. The molecule has 3 rings (SSSR count). The number of hydrogen-bond donors (Lipinski definition) is 0. The number of rotatable bonds is 4. The van der Waals surface area contributed by atoms with Crippen LogP contribution in [0.4, 0.5) is 0 Å². The number of thiazole rings is 1. The van der Waals surface area contributed by atoms with E-state index in [2.05, 4.69) is 4.99 Å². The van der Waals surface area contributed by atoms with Gasteiger partial charge in [-0.2, -0.15) is 4.99 Å². The van der Waals surface area contributed by atoms with E-state index >= 15 is 0 Å². The van der Waals surface area contributed by atoms with E-state index in [9.17, 15) is 4.79 Å². The second-order valence-corrected chi connectivity index (χ2v) is 6.76. The summed E-state index contributed by atoms with van der Waals surface area (Å²) in [7, 11) is 1.64. The summed E-state index contributed by atoms with van der Waals surface area (Å²) in [6, 6.07) is 13.2. The molecule has 0 unspecified atom stereocenters. The van der Waals surface area contributed by atoms with E-state index in [1.165, 1.54) is 11.3 Å². The monoisotopic (exact) mass is 360 g/mol. The fourth-order valence-electron chi connectivity index (χ4n) is 2.52. The van der Waals surface area contributed by atoms with Crippen molar-refractivity contribution >= 4 is 39.1 Å². The van der Waals surface area contributed by atoms with E-state index in [4.69, 9.17) is 16.3 Å². The van der Waals surface area contributed by atoms with Gasteiger partial charge in [-0.05, 0) is 30.7 Å². The molecule has 0 aliphatic carbocycles. The molecule has 6 heteroatoms. The maximum atomic E-state index is 12.6. The van der Waals surface area contributed by atoms with Crippen molar-refractivity contribution < 1.29 is 9.53 Å².